The van der Waals surface area contributed by atoms with Crippen molar-refractivity contribution < 1.29 is 8.83 Å². The van der Waals surface area contributed by atoms with Crippen LogP contribution in [-0.4, -0.2) is 0 Å². The molecule has 2 aromatic heterocycles. The summed E-state index contributed by atoms with van der Waals surface area (Å²) in [5.74, 6) is 0.468. The van der Waals surface area contributed by atoms with E-state index in [1.54, 1.807) is 0 Å². The van der Waals surface area contributed by atoms with Crippen LogP contribution >= 0.6 is 0 Å². The van der Waals surface area contributed by atoms with Crippen LogP contribution in [0.5, 0.6) is 0 Å². The van der Waals surface area contributed by atoms with Gasteiger partial charge in [0.05, 0.1) is 22.7 Å². The largest absolute Gasteiger partial charge is 0.454 e. The standard InChI is InChI=1S/C70H68N2O2/c1-39(2)53-37-61(71(45-25-21-41(5)22-26-45)59-19-15-17-49-55-33-43(7)35-57(69(9,10)11)65(55)73-67(49)59)51-32-30-48-54(40(3)4)38-62(52-31-29-47(53)63(51)64(48)52)72(46-27-23-42(6)24-28-46)60-20-16-18-50-56-34-44(8)36-58(70(12,13)14)66(56)74-68(50)60/h15-40H,1-14H3. The Morgan fingerprint density at radius 3 is 1.05 bits per heavy atom. The van der Waals surface area contributed by atoms with Gasteiger partial charge in [0.1, 0.15) is 11.2 Å². The van der Waals surface area contributed by atoms with Crippen LogP contribution in [0.2, 0.25) is 0 Å². The molecule has 0 atom stereocenters. The minimum Gasteiger partial charge on any atom is -0.454 e. The van der Waals surface area contributed by atoms with Gasteiger partial charge in [0, 0.05) is 54.8 Å². The van der Waals surface area contributed by atoms with Gasteiger partial charge in [-0.3, -0.25) is 0 Å². The van der Waals surface area contributed by atoms with Gasteiger partial charge in [0.2, 0.25) is 0 Å². The first kappa shape index (κ1) is 47.4. The van der Waals surface area contributed by atoms with Gasteiger partial charge in [-0.25, -0.2) is 0 Å². The molecule has 2 heterocycles. The number of nitrogens with zero attached hydrogens (tertiary/aromatic N) is 2. The van der Waals surface area contributed by atoms with Gasteiger partial charge in [-0.1, -0.05) is 165 Å². The Morgan fingerprint density at radius 1 is 0.338 bits per heavy atom. The minimum absolute atomic E-state index is 0.108. The Balaban J connectivity index is 1.20. The molecule has 12 aromatic rings. The van der Waals surface area contributed by atoms with E-state index in [0.29, 0.717) is 0 Å². The highest BCUT2D eigenvalue weighted by molar-refractivity contribution is 6.30. The third-order valence-electron chi connectivity index (χ3n) is 15.8. The van der Waals surface area contributed by atoms with Crippen LogP contribution in [0.3, 0.4) is 0 Å². The highest BCUT2D eigenvalue weighted by Gasteiger charge is 2.30. The molecular formula is C70H68N2O2. The zero-order valence-corrected chi connectivity index (χ0v) is 45.7. The first-order valence-corrected chi connectivity index (χ1v) is 26.7. The molecule has 10 aromatic carbocycles. The van der Waals surface area contributed by atoms with Crippen molar-refractivity contribution in [3.8, 4) is 0 Å². The molecule has 0 aliphatic heterocycles. The van der Waals surface area contributed by atoms with Gasteiger partial charge in [0.15, 0.2) is 11.2 Å². The van der Waals surface area contributed by atoms with Gasteiger partial charge < -0.3 is 18.6 Å². The third kappa shape index (κ3) is 7.46. The fraction of sp³-hybridized carbons (Fsp3) is 0.257. The van der Waals surface area contributed by atoms with Crippen molar-refractivity contribution in [3.63, 3.8) is 0 Å². The van der Waals surface area contributed by atoms with Gasteiger partial charge in [0.25, 0.3) is 0 Å². The molecule has 0 bridgehead atoms. The average Bonchev–Trinajstić information content (AvgIpc) is 3.99. The fourth-order valence-corrected chi connectivity index (χ4v) is 12.1. The van der Waals surface area contributed by atoms with Crippen LogP contribution in [0.15, 0.2) is 154 Å². The molecule has 0 saturated heterocycles. The second-order valence-corrected chi connectivity index (χ2v) is 24.1. The number of hydrogen-bond acceptors (Lipinski definition) is 4. The maximum absolute atomic E-state index is 7.25. The lowest BCUT2D eigenvalue weighted by Crippen LogP contribution is -2.13. The number of aryl methyl sites for hydroxylation is 4. The Morgan fingerprint density at radius 2 is 0.703 bits per heavy atom. The monoisotopic (exact) mass is 969 g/mol. The molecule has 0 unspecified atom stereocenters. The smallest absolute Gasteiger partial charge is 0.159 e. The normalized spacial score (nSPS) is 12.7. The van der Waals surface area contributed by atoms with Crippen LogP contribution in [0, 0.1) is 27.7 Å². The zero-order valence-electron chi connectivity index (χ0n) is 45.7. The second kappa shape index (κ2) is 17.0. The van der Waals surface area contributed by atoms with Crippen molar-refractivity contribution in [2.75, 3.05) is 9.80 Å². The molecule has 0 N–H and O–H groups in total. The molecule has 4 heteroatoms. The molecule has 0 amide bonds. The van der Waals surface area contributed by atoms with E-state index in [1.807, 2.05) is 0 Å². The van der Waals surface area contributed by atoms with E-state index in [-0.39, 0.29) is 22.7 Å². The number of anilines is 6. The molecule has 0 aliphatic carbocycles. The molecular weight excluding hydrogens is 901 g/mol. The van der Waals surface area contributed by atoms with E-state index in [9.17, 15) is 0 Å². The van der Waals surface area contributed by atoms with Gasteiger partial charge >= 0.3 is 0 Å². The summed E-state index contributed by atoms with van der Waals surface area (Å²) in [4.78, 5) is 4.95. The average molecular weight is 969 g/mol. The Hall–Kier alpha value is -7.56. The summed E-state index contributed by atoms with van der Waals surface area (Å²) < 4.78 is 14.5. The van der Waals surface area contributed by atoms with Gasteiger partial charge in [-0.05, 0) is 155 Å². The molecule has 4 nitrogen and oxygen atoms in total. The molecule has 0 saturated carbocycles. The van der Waals surface area contributed by atoms with Crippen molar-refractivity contribution in [1.82, 2.24) is 0 Å². The lowest BCUT2D eigenvalue weighted by molar-refractivity contribution is 0.572. The highest BCUT2D eigenvalue weighted by atomic mass is 16.3. The molecule has 0 aliphatic rings. The molecule has 0 spiro atoms. The van der Waals surface area contributed by atoms with Crippen molar-refractivity contribution in [2.45, 2.75) is 120 Å². The Kier molecular flexibility index (Phi) is 10.9. The molecule has 0 fully saturated rings. The lowest BCUT2D eigenvalue weighted by Gasteiger charge is -2.31. The Labute approximate surface area is 436 Å². The number of rotatable bonds is 8. The number of benzene rings is 10. The summed E-state index contributed by atoms with van der Waals surface area (Å²) in [5.41, 5.74) is 19.9. The Bertz CT molecular complexity index is 3910. The van der Waals surface area contributed by atoms with Crippen molar-refractivity contribution in [2.24, 2.45) is 0 Å². The highest BCUT2D eigenvalue weighted by Crippen LogP contribution is 2.54. The summed E-state index contributed by atoms with van der Waals surface area (Å²) in [7, 11) is 0. The first-order chi connectivity index (χ1) is 35.3. The van der Waals surface area contributed by atoms with Crippen LogP contribution in [0.4, 0.5) is 34.1 Å². The number of furan rings is 2. The maximum atomic E-state index is 7.25. The summed E-state index contributed by atoms with van der Waals surface area (Å²) in [6.07, 6.45) is 0. The van der Waals surface area contributed by atoms with E-state index in [0.717, 1.165) is 78.0 Å². The van der Waals surface area contributed by atoms with Gasteiger partial charge in [-0.2, -0.15) is 0 Å². The van der Waals surface area contributed by atoms with E-state index in [1.165, 1.54) is 76.8 Å². The van der Waals surface area contributed by atoms with Crippen molar-refractivity contribution >= 4 is 110 Å². The SMILES string of the molecule is Cc1ccc(N(c2cc(C(C)C)c3ccc4c(N(c5ccc(C)cc5)c5cccc6c5oc5c(C(C)(C)C)cc(C)cc56)cc(C(C)C)c5ccc2c3c54)c2cccc3c2oc2c(C(C)(C)C)cc(C)cc23)cc1. The number of hydrogen-bond donors (Lipinski definition) is 0. The van der Waals surface area contributed by atoms with Crippen molar-refractivity contribution in [1.29, 1.82) is 0 Å². The zero-order chi connectivity index (χ0) is 51.9. The summed E-state index contributed by atoms with van der Waals surface area (Å²) in [5, 5.41) is 12.1. The van der Waals surface area contributed by atoms with E-state index in [4.69, 9.17) is 8.83 Å². The van der Waals surface area contributed by atoms with Crippen LogP contribution < -0.4 is 9.80 Å². The minimum atomic E-state index is -0.108. The summed E-state index contributed by atoms with van der Waals surface area (Å²) in [6.45, 7) is 31.8. The quantitative estimate of drug-likeness (QED) is 0.142. The number of fused-ring (bicyclic) bond motifs is 6. The van der Waals surface area contributed by atoms with E-state index >= 15 is 0 Å². The lowest BCUT2D eigenvalue weighted by atomic mass is 9.84. The van der Waals surface area contributed by atoms with Gasteiger partial charge in [-0.15, -0.1) is 0 Å². The second-order valence-electron chi connectivity index (χ2n) is 24.1. The van der Waals surface area contributed by atoms with E-state index < -0.39 is 0 Å². The maximum Gasteiger partial charge on any atom is 0.159 e. The van der Waals surface area contributed by atoms with Crippen LogP contribution in [-0.2, 0) is 10.8 Å². The van der Waals surface area contributed by atoms with Crippen molar-refractivity contribution in [3.05, 3.63) is 190 Å². The van der Waals surface area contributed by atoms with Crippen LogP contribution in [0.1, 0.15) is 126 Å². The predicted molar refractivity (Wildman–Crippen MR) is 319 cm³/mol. The van der Waals surface area contributed by atoms with E-state index in [2.05, 4.69) is 252 Å². The first-order valence-electron chi connectivity index (χ1n) is 26.7. The number of para-hydroxylation sites is 2. The molecule has 12 rings (SSSR count). The fourth-order valence-electron chi connectivity index (χ4n) is 12.1. The third-order valence-corrected chi connectivity index (χ3v) is 15.8. The summed E-state index contributed by atoms with van der Waals surface area (Å²) >= 11 is 0. The topological polar surface area (TPSA) is 32.8 Å². The summed E-state index contributed by atoms with van der Waals surface area (Å²) in [6, 6.07) is 55.2. The predicted octanol–water partition coefficient (Wildman–Crippen LogP) is 21.4. The molecule has 370 valence electrons. The molecule has 0 radical (unpaired) electrons. The molecule has 74 heavy (non-hydrogen) atoms. The van der Waals surface area contributed by atoms with Crippen LogP contribution in [0.25, 0.3) is 76.2 Å².